The second-order valence-electron chi connectivity index (χ2n) is 7.09. The average Bonchev–Trinajstić information content (AvgIpc) is 3.20. The molecule has 0 N–H and O–H groups in total. The lowest BCUT2D eigenvalue weighted by molar-refractivity contribution is -0.131. The van der Waals surface area contributed by atoms with Crippen LogP contribution in [0.4, 0.5) is 8.78 Å². The topological polar surface area (TPSA) is 40.6 Å². The minimum atomic E-state index is -0.959. The molecule has 0 radical (unpaired) electrons. The van der Waals surface area contributed by atoms with Gasteiger partial charge in [0.25, 0.3) is 0 Å². The van der Waals surface area contributed by atoms with Gasteiger partial charge in [-0.2, -0.15) is 0 Å². The van der Waals surface area contributed by atoms with Gasteiger partial charge in [-0.3, -0.25) is 9.59 Å². The lowest BCUT2D eigenvalue weighted by atomic mass is 10.1. The molecule has 1 aliphatic carbocycles. The van der Waals surface area contributed by atoms with Crippen LogP contribution >= 0.6 is 0 Å². The molecule has 4 rings (SSSR count). The highest BCUT2D eigenvalue weighted by Gasteiger charge is 2.49. The summed E-state index contributed by atoms with van der Waals surface area (Å²) in [6.45, 7) is 1.39. The van der Waals surface area contributed by atoms with Crippen molar-refractivity contribution in [1.82, 2.24) is 9.80 Å². The molecule has 0 spiro atoms. The molecular formula is C18H20F2N2O2. The Hall–Kier alpha value is -1.98. The Labute approximate surface area is 139 Å². The summed E-state index contributed by atoms with van der Waals surface area (Å²) in [5.41, 5.74) is 0.0719. The molecule has 6 heteroatoms. The lowest BCUT2D eigenvalue weighted by Gasteiger charge is -2.25. The monoisotopic (exact) mass is 334 g/mol. The lowest BCUT2D eigenvalue weighted by Crippen LogP contribution is -2.41. The normalized spacial score (nSPS) is 26.2. The molecule has 2 amide bonds. The van der Waals surface area contributed by atoms with E-state index in [4.69, 9.17) is 0 Å². The predicted molar refractivity (Wildman–Crippen MR) is 83.0 cm³/mol. The van der Waals surface area contributed by atoms with Gasteiger partial charge in [-0.25, -0.2) is 8.78 Å². The van der Waals surface area contributed by atoms with Crippen molar-refractivity contribution >= 4 is 11.8 Å². The maximum absolute atomic E-state index is 13.8. The fourth-order valence-electron chi connectivity index (χ4n) is 4.00. The zero-order valence-corrected chi connectivity index (χ0v) is 13.4. The first-order chi connectivity index (χ1) is 11.5. The largest absolute Gasteiger partial charge is 0.337 e. The summed E-state index contributed by atoms with van der Waals surface area (Å²) in [5.74, 6) is -1.39. The van der Waals surface area contributed by atoms with Crippen molar-refractivity contribution in [2.24, 2.45) is 5.92 Å². The molecular weight excluding hydrogens is 314 g/mol. The Bertz CT molecular complexity index is 690. The third kappa shape index (κ3) is 2.68. The predicted octanol–water partition coefficient (Wildman–Crippen LogP) is 2.12. The quantitative estimate of drug-likeness (QED) is 0.846. The van der Waals surface area contributed by atoms with Gasteiger partial charge >= 0.3 is 0 Å². The highest BCUT2D eigenvalue weighted by Crippen LogP contribution is 2.37. The van der Waals surface area contributed by atoms with Crippen LogP contribution in [-0.2, 0) is 16.0 Å². The minimum absolute atomic E-state index is 0.0719. The van der Waals surface area contributed by atoms with E-state index in [1.165, 1.54) is 25.0 Å². The Morgan fingerprint density at radius 1 is 1.17 bits per heavy atom. The van der Waals surface area contributed by atoms with Crippen LogP contribution in [0.3, 0.4) is 0 Å². The van der Waals surface area contributed by atoms with E-state index in [1.54, 1.807) is 4.90 Å². The van der Waals surface area contributed by atoms with E-state index in [2.05, 4.69) is 0 Å². The van der Waals surface area contributed by atoms with Crippen molar-refractivity contribution in [3.8, 4) is 0 Å². The Morgan fingerprint density at radius 3 is 2.71 bits per heavy atom. The van der Waals surface area contributed by atoms with Crippen LogP contribution in [0.5, 0.6) is 0 Å². The number of hydrogen-bond acceptors (Lipinski definition) is 2. The molecule has 0 bridgehead atoms. The van der Waals surface area contributed by atoms with E-state index in [0.29, 0.717) is 18.9 Å². The van der Waals surface area contributed by atoms with Crippen molar-refractivity contribution in [3.05, 3.63) is 35.4 Å². The molecule has 1 aromatic carbocycles. The summed E-state index contributed by atoms with van der Waals surface area (Å²) in [7, 11) is 0. The van der Waals surface area contributed by atoms with Crippen LogP contribution in [0.15, 0.2) is 18.2 Å². The Kier molecular flexibility index (Phi) is 3.77. The molecule has 0 aromatic heterocycles. The third-order valence-electron chi connectivity index (χ3n) is 5.46. The zero-order chi connectivity index (χ0) is 16.8. The van der Waals surface area contributed by atoms with Gasteiger partial charge in [0.1, 0.15) is 0 Å². The first-order valence-electron chi connectivity index (χ1n) is 8.56. The van der Waals surface area contributed by atoms with Gasteiger partial charge in [0.15, 0.2) is 11.6 Å². The van der Waals surface area contributed by atoms with Gasteiger partial charge < -0.3 is 9.80 Å². The number of halogens is 2. The van der Waals surface area contributed by atoms with E-state index < -0.39 is 11.6 Å². The Morgan fingerprint density at radius 2 is 1.96 bits per heavy atom. The maximum atomic E-state index is 13.8. The summed E-state index contributed by atoms with van der Waals surface area (Å²) in [6, 6.07) is 3.87. The molecule has 2 atom stereocenters. The number of likely N-dealkylation sites (tertiary alicyclic amines) is 2. The van der Waals surface area contributed by atoms with Crippen LogP contribution < -0.4 is 0 Å². The van der Waals surface area contributed by atoms with Crippen LogP contribution in [0.2, 0.25) is 0 Å². The molecule has 3 aliphatic rings. The number of hydrogen-bond donors (Lipinski definition) is 0. The van der Waals surface area contributed by atoms with Crippen LogP contribution in [0.1, 0.15) is 31.2 Å². The maximum Gasteiger partial charge on any atom is 0.227 e. The second kappa shape index (κ2) is 5.83. The molecule has 2 aliphatic heterocycles. The van der Waals surface area contributed by atoms with Gasteiger partial charge in [0, 0.05) is 25.1 Å². The highest BCUT2D eigenvalue weighted by atomic mass is 19.2. The highest BCUT2D eigenvalue weighted by molar-refractivity contribution is 5.84. The van der Waals surface area contributed by atoms with Crippen molar-refractivity contribution < 1.29 is 18.4 Å². The standard InChI is InChI=1S/C18H20F2N2O2/c19-13-3-1-2-12(18(13)20)8-16(23)21-7-6-14-15(21)9-17(24)22(14)10-11-4-5-11/h1-3,11,14-15H,4-10H2. The van der Waals surface area contributed by atoms with E-state index in [9.17, 15) is 18.4 Å². The summed E-state index contributed by atoms with van der Waals surface area (Å²) in [6.07, 6.45) is 3.34. The van der Waals surface area contributed by atoms with Crippen LogP contribution in [0.25, 0.3) is 0 Å². The fourth-order valence-corrected chi connectivity index (χ4v) is 4.00. The number of carbonyl (C=O) groups excluding carboxylic acids is 2. The van der Waals surface area contributed by atoms with E-state index in [-0.39, 0.29) is 35.9 Å². The number of nitrogens with zero attached hydrogens (tertiary/aromatic N) is 2. The number of rotatable bonds is 4. The van der Waals surface area contributed by atoms with E-state index in [1.807, 2.05) is 4.90 Å². The summed E-state index contributed by atoms with van der Waals surface area (Å²) >= 11 is 0. The average molecular weight is 334 g/mol. The van der Waals surface area contributed by atoms with Gasteiger partial charge in [-0.1, -0.05) is 12.1 Å². The molecule has 2 heterocycles. The first kappa shape index (κ1) is 15.5. The second-order valence-corrected chi connectivity index (χ2v) is 7.09. The summed E-state index contributed by atoms with van der Waals surface area (Å²) in [5, 5.41) is 0. The molecule has 1 saturated carbocycles. The fraction of sp³-hybridized carbons (Fsp3) is 0.556. The van der Waals surface area contributed by atoms with Gasteiger partial charge in [0.2, 0.25) is 11.8 Å². The van der Waals surface area contributed by atoms with Crippen molar-refractivity contribution in [3.63, 3.8) is 0 Å². The number of carbonyl (C=O) groups is 2. The molecule has 24 heavy (non-hydrogen) atoms. The van der Waals surface area contributed by atoms with E-state index >= 15 is 0 Å². The summed E-state index contributed by atoms with van der Waals surface area (Å²) in [4.78, 5) is 28.5. The number of amides is 2. The van der Waals surface area contributed by atoms with Crippen LogP contribution in [0, 0.1) is 17.6 Å². The molecule has 4 nitrogen and oxygen atoms in total. The van der Waals surface area contributed by atoms with Crippen LogP contribution in [-0.4, -0.2) is 46.8 Å². The number of benzene rings is 1. The van der Waals surface area contributed by atoms with Crippen molar-refractivity contribution in [2.75, 3.05) is 13.1 Å². The minimum Gasteiger partial charge on any atom is -0.337 e. The SMILES string of the molecule is O=C(Cc1cccc(F)c1F)N1CCC2C1CC(=O)N2CC1CC1. The first-order valence-corrected chi connectivity index (χ1v) is 8.56. The number of fused-ring (bicyclic) bond motifs is 1. The van der Waals surface area contributed by atoms with Crippen molar-refractivity contribution in [2.45, 2.75) is 44.2 Å². The van der Waals surface area contributed by atoms with E-state index in [0.717, 1.165) is 19.0 Å². The van der Waals surface area contributed by atoms with Gasteiger partial charge in [0.05, 0.1) is 18.5 Å². The smallest absolute Gasteiger partial charge is 0.227 e. The van der Waals surface area contributed by atoms with Crippen molar-refractivity contribution in [1.29, 1.82) is 0 Å². The molecule has 2 unspecified atom stereocenters. The van der Waals surface area contributed by atoms with Gasteiger partial charge in [-0.05, 0) is 31.2 Å². The third-order valence-corrected chi connectivity index (χ3v) is 5.46. The molecule has 3 fully saturated rings. The Balaban J connectivity index is 1.46. The molecule has 2 saturated heterocycles. The molecule has 128 valence electrons. The molecule has 1 aromatic rings. The van der Waals surface area contributed by atoms with Gasteiger partial charge in [-0.15, -0.1) is 0 Å². The zero-order valence-electron chi connectivity index (χ0n) is 13.4. The summed E-state index contributed by atoms with van der Waals surface area (Å²) < 4.78 is 27.1.